The molecule has 180 valence electrons. The number of nitrogens with zero attached hydrogens (tertiary/aromatic N) is 4. The Morgan fingerprint density at radius 1 is 1.06 bits per heavy atom. The molecule has 7 atom stereocenters. The normalized spacial score (nSPS) is 29.0. The molecule has 2 aromatic heterocycles. The standard InChI is InChI=1S/C11H18N5O13P3/c1-4(27-31(22,23)29-32(24,25)28-30(19,20)21)8-6(17)7(18)11(26-8)16-3-15-5-9(12)13-2-14-10(5)16/h2-4,6-8,11,17-18H,1H3,(H,22,23)(H,24,25)(H2,12,13,14)(H2,19,20,21)/t4-,6+,7-,8-,11-/m1/s1. The quantitative estimate of drug-likeness (QED) is 0.200. The number of phosphoric ester groups is 1. The van der Waals surface area contributed by atoms with E-state index in [0.29, 0.717) is 0 Å². The van der Waals surface area contributed by atoms with Crippen LogP contribution in [0.25, 0.3) is 11.2 Å². The van der Waals surface area contributed by atoms with E-state index in [1.54, 1.807) is 0 Å². The van der Waals surface area contributed by atoms with Crippen molar-refractivity contribution in [3.8, 4) is 0 Å². The van der Waals surface area contributed by atoms with Crippen molar-refractivity contribution in [3.63, 3.8) is 0 Å². The summed E-state index contributed by atoms with van der Waals surface area (Å²) in [5.74, 6) is 0.0411. The van der Waals surface area contributed by atoms with Gasteiger partial charge in [-0.05, 0) is 6.92 Å². The van der Waals surface area contributed by atoms with E-state index in [4.69, 9.17) is 20.3 Å². The number of nitrogen functional groups attached to an aromatic ring is 1. The summed E-state index contributed by atoms with van der Waals surface area (Å²) in [4.78, 5) is 47.7. The highest BCUT2D eigenvalue weighted by molar-refractivity contribution is 7.66. The van der Waals surface area contributed by atoms with Crippen LogP contribution in [-0.2, 0) is 31.6 Å². The van der Waals surface area contributed by atoms with Crippen molar-refractivity contribution in [2.75, 3.05) is 5.73 Å². The number of phosphoric acid groups is 3. The van der Waals surface area contributed by atoms with Gasteiger partial charge in [-0.3, -0.25) is 9.09 Å². The molecule has 0 bridgehead atoms. The van der Waals surface area contributed by atoms with Gasteiger partial charge in [0, 0.05) is 0 Å². The molecule has 18 nitrogen and oxygen atoms in total. The average molecular weight is 521 g/mol. The van der Waals surface area contributed by atoms with Crippen molar-refractivity contribution in [2.45, 2.75) is 37.6 Å². The zero-order valence-electron chi connectivity index (χ0n) is 15.8. The largest absolute Gasteiger partial charge is 0.490 e. The number of hydrogen-bond donors (Lipinski definition) is 7. The van der Waals surface area contributed by atoms with Gasteiger partial charge in [0.1, 0.15) is 30.2 Å². The van der Waals surface area contributed by atoms with E-state index in [1.165, 1.54) is 10.9 Å². The fourth-order valence-corrected chi connectivity index (χ4v) is 6.13. The minimum absolute atomic E-state index is 0.0411. The van der Waals surface area contributed by atoms with Gasteiger partial charge in [0.15, 0.2) is 17.7 Å². The van der Waals surface area contributed by atoms with Crippen molar-refractivity contribution in [2.24, 2.45) is 0 Å². The molecule has 0 radical (unpaired) electrons. The minimum Gasteiger partial charge on any atom is -0.387 e. The maximum absolute atomic E-state index is 12.0. The van der Waals surface area contributed by atoms with Crippen LogP contribution in [-0.4, -0.2) is 73.7 Å². The van der Waals surface area contributed by atoms with Crippen molar-refractivity contribution in [1.82, 2.24) is 19.5 Å². The van der Waals surface area contributed by atoms with Crippen LogP contribution in [0.4, 0.5) is 5.82 Å². The maximum Gasteiger partial charge on any atom is 0.490 e. The molecule has 3 rings (SSSR count). The Balaban J connectivity index is 1.75. The molecular weight excluding hydrogens is 503 g/mol. The summed E-state index contributed by atoms with van der Waals surface area (Å²) in [6.07, 6.45) is -5.34. The average Bonchev–Trinajstić information content (AvgIpc) is 3.14. The first-order valence-corrected chi connectivity index (χ1v) is 12.9. The van der Waals surface area contributed by atoms with E-state index in [1.807, 2.05) is 0 Å². The second-order valence-corrected chi connectivity index (χ2v) is 10.8. The highest BCUT2D eigenvalue weighted by atomic mass is 31.3. The lowest BCUT2D eigenvalue weighted by molar-refractivity contribution is -0.0755. The summed E-state index contributed by atoms with van der Waals surface area (Å²) in [7, 11) is -16.8. The Bertz CT molecular complexity index is 1140. The number of nitrogens with two attached hydrogens (primary N) is 1. The number of aliphatic hydroxyl groups is 2. The summed E-state index contributed by atoms with van der Waals surface area (Å²) >= 11 is 0. The molecule has 8 N–H and O–H groups in total. The third kappa shape index (κ3) is 5.58. The minimum atomic E-state index is -5.73. The molecule has 0 spiro atoms. The van der Waals surface area contributed by atoms with Gasteiger partial charge in [-0.15, -0.1) is 0 Å². The zero-order valence-corrected chi connectivity index (χ0v) is 18.5. The first kappa shape index (κ1) is 25.3. The predicted molar refractivity (Wildman–Crippen MR) is 100 cm³/mol. The van der Waals surface area contributed by atoms with E-state index in [0.717, 1.165) is 13.3 Å². The highest BCUT2D eigenvalue weighted by Crippen LogP contribution is 2.66. The Morgan fingerprint density at radius 2 is 1.72 bits per heavy atom. The topological polar surface area (TPSA) is 279 Å². The third-order valence-corrected chi connectivity index (χ3v) is 8.04. The Morgan fingerprint density at radius 3 is 2.34 bits per heavy atom. The Hall–Kier alpha value is -1.36. The van der Waals surface area contributed by atoms with E-state index < -0.39 is 54.1 Å². The van der Waals surface area contributed by atoms with Gasteiger partial charge in [-0.2, -0.15) is 8.62 Å². The summed E-state index contributed by atoms with van der Waals surface area (Å²) in [5.41, 5.74) is 6.02. The van der Waals surface area contributed by atoms with Crippen LogP contribution >= 0.6 is 23.5 Å². The van der Waals surface area contributed by atoms with Crippen LogP contribution in [0, 0.1) is 0 Å². The lowest BCUT2D eigenvalue weighted by Crippen LogP contribution is -2.38. The van der Waals surface area contributed by atoms with Gasteiger partial charge in [0.2, 0.25) is 0 Å². The fraction of sp³-hybridized carbons (Fsp3) is 0.545. The van der Waals surface area contributed by atoms with E-state index in [9.17, 15) is 33.7 Å². The second-order valence-electron chi connectivity index (χ2n) is 6.46. The molecule has 1 aliphatic rings. The molecule has 0 aliphatic carbocycles. The number of hydrogen-bond acceptors (Lipinski definition) is 13. The second kappa shape index (κ2) is 8.77. The molecule has 32 heavy (non-hydrogen) atoms. The van der Waals surface area contributed by atoms with E-state index in [2.05, 4.69) is 28.1 Å². The summed E-state index contributed by atoms with van der Waals surface area (Å²) in [5, 5.41) is 20.7. The molecule has 1 saturated heterocycles. The molecule has 1 aliphatic heterocycles. The molecular formula is C11H18N5O13P3. The number of aromatic nitrogens is 4. The lowest BCUT2D eigenvalue weighted by Gasteiger charge is -2.24. The number of imidazole rings is 1. The fourth-order valence-electron chi connectivity index (χ4n) is 2.93. The van der Waals surface area contributed by atoms with E-state index in [-0.39, 0.29) is 17.0 Å². The Kier molecular flexibility index (Phi) is 6.93. The van der Waals surface area contributed by atoms with Gasteiger partial charge in [0.25, 0.3) is 0 Å². The predicted octanol–water partition coefficient (Wildman–Crippen LogP) is -1.24. The molecule has 0 amide bonds. The van der Waals surface area contributed by atoms with Gasteiger partial charge in [0.05, 0.1) is 12.4 Å². The van der Waals surface area contributed by atoms with E-state index >= 15 is 0 Å². The van der Waals surface area contributed by atoms with Crippen LogP contribution in [0.2, 0.25) is 0 Å². The number of rotatable bonds is 8. The first-order chi connectivity index (χ1) is 14.6. The molecule has 21 heteroatoms. The van der Waals surface area contributed by atoms with Crippen LogP contribution in [0.5, 0.6) is 0 Å². The molecule has 0 saturated carbocycles. The summed E-state index contributed by atoms with van der Waals surface area (Å²) < 4.78 is 52.7. The monoisotopic (exact) mass is 521 g/mol. The number of anilines is 1. The molecule has 2 unspecified atom stereocenters. The SMILES string of the molecule is C[C@@H](OP(=O)(O)OP(=O)(O)OP(=O)(O)O)[C@H]1O[C@@H](n2cnc3c(N)ncnc32)[C@H](O)[C@@H]1O. The molecule has 1 fully saturated rings. The highest BCUT2D eigenvalue weighted by Gasteiger charge is 2.49. The number of aliphatic hydroxyl groups excluding tert-OH is 2. The summed E-state index contributed by atoms with van der Waals surface area (Å²) in [6, 6.07) is 0. The number of ether oxygens (including phenoxy) is 1. The first-order valence-electron chi connectivity index (χ1n) is 8.37. The van der Waals surface area contributed by atoms with Gasteiger partial charge in [-0.25, -0.2) is 28.6 Å². The van der Waals surface area contributed by atoms with Crippen molar-refractivity contribution in [3.05, 3.63) is 12.7 Å². The Labute approximate surface area is 178 Å². The third-order valence-electron chi connectivity index (χ3n) is 4.11. The van der Waals surface area contributed by atoms with Crippen LogP contribution < -0.4 is 5.73 Å². The van der Waals surface area contributed by atoms with Gasteiger partial charge >= 0.3 is 23.5 Å². The van der Waals surface area contributed by atoms with Crippen molar-refractivity contribution >= 4 is 40.4 Å². The summed E-state index contributed by atoms with van der Waals surface area (Å²) in [6.45, 7) is 1.09. The lowest BCUT2D eigenvalue weighted by atomic mass is 10.1. The van der Waals surface area contributed by atoms with Crippen LogP contribution in [0.3, 0.4) is 0 Å². The number of fused-ring (bicyclic) bond motifs is 1. The smallest absolute Gasteiger partial charge is 0.387 e. The van der Waals surface area contributed by atoms with Crippen molar-refractivity contribution < 1.29 is 61.4 Å². The molecule has 3 heterocycles. The van der Waals surface area contributed by atoms with Gasteiger partial charge in [-0.1, -0.05) is 0 Å². The van der Waals surface area contributed by atoms with Gasteiger partial charge < -0.3 is 40.3 Å². The maximum atomic E-state index is 12.0. The van der Waals surface area contributed by atoms with Crippen LogP contribution in [0.1, 0.15) is 13.2 Å². The molecule has 2 aromatic rings. The van der Waals surface area contributed by atoms with Crippen molar-refractivity contribution in [1.29, 1.82) is 0 Å². The molecule has 0 aromatic carbocycles. The van der Waals surface area contributed by atoms with Crippen LogP contribution in [0.15, 0.2) is 12.7 Å². The zero-order chi connectivity index (χ0) is 24.1.